The number of halogens is 3. The molecule has 0 saturated carbocycles. The first-order chi connectivity index (χ1) is 7.16. The van der Waals surface area contributed by atoms with E-state index < -0.39 is 17.5 Å². The van der Waals surface area contributed by atoms with Gasteiger partial charge in [0.25, 0.3) is 5.91 Å². The summed E-state index contributed by atoms with van der Waals surface area (Å²) in [5.74, 6) is -2.77. The summed E-state index contributed by atoms with van der Waals surface area (Å²) in [5.41, 5.74) is 4.94. The first-order valence-electron chi connectivity index (χ1n) is 4.59. The molecule has 6 heteroatoms. The van der Waals surface area contributed by atoms with E-state index in [0.29, 0.717) is 19.5 Å². The first-order valence-corrected chi connectivity index (χ1v) is 4.59. The molecule has 0 aliphatic rings. The largest absolute Gasteiger partial charge is 0.352 e. The molecule has 1 rings (SSSR count). The normalized spacial score (nSPS) is 9.44. The molecule has 0 saturated heterocycles. The third-order valence-corrected chi connectivity index (χ3v) is 1.86. The highest BCUT2D eigenvalue weighted by molar-refractivity contribution is 5.94. The zero-order valence-corrected chi connectivity index (χ0v) is 9.32. The van der Waals surface area contributed by atoms with Crippen LogP contribution in [0.15, 0.2) is 18.2 Å². The molecular weight excluding hydrogens is 238 g/mol. The first kappa shape index (κ1) is 14.8. The Morgan fingerprint density at radius 1 is 1.38 bits per heavy atom. The van der Waals surface area contributed by atoms with Gasteiger partial charge in [-0.15, -0.1) is 12.4 Å². The van der Waals surface area contributed by atoms with Crippen molar-refractivity contribution >= 4 is 18.3 Å². The Hall–Kier alpha value is -1.20. The van der Waals surface area contributed by atoms with Gasteiger partial charge in [-0.3, -0.25) is 4.79 Å². The Morgan fingerprint density at radius 3 is 2.69 bits per heavy atom. The fourth-order valence-electron chi connectivity index (χ4n) is 1.08. The minimum Gasteiger partial charge on any atom is -0.352 e. The summed E-state index contributed by atoms with van der Waals surface area (Å²) in [5, 5.41) is 2.44. The van der Waals surface area contributed by atoms with E-state index in [1.165, 1.54) is 12.1 Å². The van der Waals surface area contributed by atoms with E-state index >= 15 is 0 Å². The second-order valence-corrected chi connectivity index (χ2v) is 3.00. The third-order valence-electron chi connectivity index (χ3n) is 1.86. The minimum atomic E-state index is -1.12. The maximum absolute atomic E-state index is 13.1. The molecule has 0 aliphatic heterocycles. The number of nitrogens with one attached hydrogen (secondary N) is 1. The second kappa shape index (κ2) is 7.14. The number of hydrogen-bond acceptors (Lipinski definition) is 2. The van der Waals surface area contributed by atoms with Crippen LogP contribution in [-0.4, -0.2) is 19.0 Å². The Labute approximate surface area is 98.4 Å². The zero-order valence-electron chi connectivity index (χ0n) is 8.50. The van der Waals surface area contributed by atoms with Crippen LogP contribution in [0.25, 0.3) is 0 Å². The van der Waals surface area contributed by atoms with Gasteiger partial charge in [-0.05, 0) is 25.1 Å². The van der Waals surface area contributed by atoms with Crippen LogP contribution in [0.5, 0.6) is 0 Å². The standard InChI is InChI=1S/C10H12F2N2O.ClH/c11-8-4-1-3-7(9(8)12)10(15)14-6-2-5-13;/h1,3-4H,2,5-6,13H2,(H,14,15);1H. The van der Waals surface area contributed by atoms with Crippen molar-refractivity contribution < 1.29 is 13.6 Å². The fourth-order valence-corrected chi connectivity index (χ4v) is 1.08. The Morgan fingerprint density at radius 2 is 2.06 bits per heavy atom. The van der Waals surface area contributed by atoms with Crippen LogP contribution in [0.2, 0.25) is 0 Å². The molecule has 1 amide bonds. The predicted octanol–water partition coefficient (Wildman–Crippen LogP) is 1.47. The van der Waals surface area contributed by atoms with Crippen LogP contribution >= 0.6 is 12.4 Å². The number of hydrogen-bond donors (Lipinski definition) is 2. The van der Waals surface area contributed by atoms with E-state index in [2.05, 4.69) is 5.32 Å². The molecule has 0 unspecified atom stereocenters. The molecule has 0 radical (unpaired) electrons. The van der Waals surface area contributed by atoms with Gasteiger partial charge >= 0.3 is 0 Å². The van der Waals surface area contributed by atoms with Crippen molar-refractivity contribution in [2.45, 2.75) is 6.42 Å². The highest BCUT2D eigenvalue weighted by Gasteiger charge is 2.13. The topological polar surface area (TPSA) is 55.1 Å². The van der Waals surface area contributed by atoms with Crippen molar-refractivity contribution in [1.82, 2.24) is 5.32 Å². The Bertz CT molecular complexity index is 361. The number of nitrogens with two attached hydrogens (primary N) is 1. The predicted molar refractivity (Wildman–Crippen MR) is 59.6 cm³/mol. The van der Waals surface area contributed by atoms with Crippen LogP contribution < -0.4 is 11.1 Å². The highest BCUT2D eigenvalue weighted by Crippen LogP contribution is 2.10. The lowest BCUT2D eigenvalue weighted by atomic mass is 10.2. The summed E-state index contributed by atoms with van der Waals surface area (Å²) in [6, 6.07) is 3.48. The molecule has 0 atom stereocenters. The Balaban J connectivity index is 0.00000225. The Kier molecular flexibility index (Phi) is 6.60. The average Bonchev–Trinajstić information content (AvgIpc) is 2.22. The molecule has 0 aromatic heterocycles. The van der Waals surface area contributed by atoms with Gasteiger partial charge in [0.05, 0.1) is 5.56 Å². The van der Waals surface area contributed by atoms with Crippen molar-refractivity contribution in [2.75, 3.05) is 13.1 Å². The smallest absolute Gasteiger partial charge is 0.254 e. The fraction of sp³-hybridized carbons (Fsp3) is 0.300. The van der Waals surface area contributed by atoms with Crippen LogP contribution in [-0.2, 0) is 0 Å². The molecule has 3 N–H and O–H groups in total. The zero-order chi connectivity index (χ0) is 11.3. The maximum Gasteiger partial charge on any atom is 0.254 e. The molecule has 16 heavy (non-hydrogen) atoms. The van der Waals surface area contributed by atoms with E-state index in [0.717, 1.165) is 6.07 Å². The number of benzene rings is 1. The summed E-state index contributed by atoms with van der Waals surface area (Å²) in [4.78, 5) is 11.3. The highest BCUT2D eigenvalue weighted by atomic mass is 35.5. The van der Waals surface area contributed by atoms with Gasteiger partial charge < -0.3 is 11.1 Å². The van der Waals surface area contributed by atoms with E-state index in [1.54, 1.807) is 0 Å². The average molecular weight is 251 g/mol. The van der Waals surface area contributed by atoms with Gasteiger partial charge in [0.15, 0.2) is 11.6 Å². The van der Waals surface area contributed by atoms with Crippen LogP contribution in [0.1, 0.15) is 16.8 Å². The van der Waals surface area contributed by atoms with Gasteiger partial charge in [-0.25, -0.2) is 8.78 Å². The van der Waals surface area contributed by atoms with E-state index in [4.69, 9.17) is 5.73 Å². The number of amides is 1. The molecule has 0 spiro atoms. The quantitative estimate of drug-likeness (QED) is 0.795. The molecule has 1 aromatic carbocycles. The summed E-state index contributed by atoms with van der Waals surface area (Å²) in [6.45, 7) is 0.789. The lowest BCUT2D eigenvalue weighted by molar-refractivity contribution is 0.0948. The number of rotatable bonds is 4. The number of carbonyl (C=O) groups excluding carboxylic acids is 1. The molecule has 0 aliphatic carbocycles. The number of carbonyl (C=O) groups is 1. The lowest BCUT2D eigenvalue weighted by Crippen LogP contribution is -2.27. The van der Waals surface area contributed by atoms with E-state index in [-0.39, 0.29) is 18.0 Å². The molecular formula is C10H13ClF2N2O. The molecule has 0 bridgehead atoms. The van der Waals surface area contributed by atoms with Gasteiger partial charge in [0.2, 0.25) is 0 Å². The van der Waals surface area contributed by atoms with Crippen LogP contribution in [0.3, 0.4) is 0 Å². The lowest BCUT2D eigenvalue weighted by Gasteiger charge is -2.05. The second-order valence-electron chi connectivity index (χ2n) is 3.00. The minimum absolute atomic E-state index is 0. The van der Waals surface area contributed by atoms with Gasteiger partial charge in [-0.2, -0.15) is 0 Å². The third kappa shape index (κ3) is 3.75. The summed E-state index contributed by atoms with van der Waals surface area (Å²) in [7, 11) is 0. The van der Waals surface area contributed by atoms with Crippen LogP contribution in [0, 0.1) is 11.6 Å². The van der Waals surface area contributed by atoms with Crippen molar-refractivity contribution in [3.63, 3.8) is 0 Å². The summed E-state index contributed by atoms with van der Waals surface area (Å²) >= 11 is 0. The van der Waals surface area contributed by atoms with Crippen molar-refractivity contribution in [1.29, 1.82) is 0 Å². The molecule has 90 valence electrons. The van der Waals surface area contributed by atoms with Crippen molar-refractivity contribution in [2.24, 2.45) is 5.73 Å². The SMILES string of the molecule is Cl.NCCCNC(=O)c1cccc(F)c1F. The molecule has 3 nitrogen and oxygen atoms in total. The van der Waals surface area contributed by atoms with Crippen molar-refractivity contribution in [3.05, 3.63) is 35.4 Å². The van der Waals surface area contributed by atoms with Gasteiger partial charge in [0.1, 0.15) is 0 Å². The van der Waals surface area contributed by atoms with Gasteiger partial charge in [-0.1, -0.05) is 6.07 Å². The maximum atomic E-state index is 13.1. The summed E-state index contributed by atoms with van der Waals surface area (Å²) < 4.78 is 25.9. The van der Waals surface area contributed by atoms with E-state index in [9.17, 15) is 13.6 Å². The monoisotopic (exact) mass is 250 g/mol. The van der Waals surface area contributed by atoms with Crippen molar-refractivity contribution in [3.8, 4) is 0 Å². The summed E-state index contributed by atoms with van der Waals surface area (Å²) in [6.07, 6.45) is 0.600. The molecule has 0 fully saturated rings. The van der Waals surface area contributed by atoms with Crippen LogP contribution in [0.4, 0.5) is 8.78 Å². The molecule has 1 aromatic rings. The van der Waals surface area contributed by atoms with Gasteiger partial charge in [0, 0.05) is 6.54 Å². The molecule has 0 heterocycles. The van der Waals surface area contributed by atoms with E-state index in [1.807, 2.05) is 0 Å².